The highest BCUT2D eigenvalue weighted by atomic mass is 35.5. The average Bonchev–Trinajstić information content (AvgIpc) is 2.78. The maximum atomic E-state index is 12.2. The summed E-state index contributed by atoms with van der Waals surface area (Å²) < 4.78 is 0. The fourth-order valence-electron chi connectivity index (χ4n) is 2.25. The summed E-state index contributed by atoms with van der Waals surface area (Å²) in [6.45, 7) is 3.30. The lowest BCUT2D eigenvalue weighted by Gasteiger charge is -2.16. The normalized spacial score (nSPS) is 21.8. The summed E-state index contributed by atoms with van der Waals surface area (Å²) in [4.78, 5) is 23.4. The molecule has 20 heavy (non-hydrogen) atoms. The molecule has 2 atom stereocenters. The highest BCUT2D eigenvalue weighted by Gasteiger charge is 2.30. The van der Waals surface area contributed by atoms with E-state index in [1.165, 1.54) is 12.1 Å². The zero-order valence-electron chi connectivity index (χ0n) is 10.7. The van der Waals surface area contributed by atoms with E-state index in [4.69, 9.17) is 28.3 Å². The first-order valence-corrected chi connectivity index (χ1v) is 6.89. The summed E-state index contributed by atoms with van der Waals surface area (Å²) >= 11 is 11.8. The molecule has 0 aromatic heterocycles. The number of halogens is 2. The molecule has 0 bridgehead atoms. The van der Waals surface area contributed by atoms with Gasteiger partial charge in [-0.2, -0.15) is 0 Å². The fourth-order valence-corrected chi connectivity index (χ4v) is 2.79. The number of carboxylic acids is 1. The molecular weight excluding hydrogens is 303 g/mol. The summed E-state index contributed by atoms with van der Waals surface area (Å²) in [5.41, 5.74) is -0.0258. The van der Waals surface area contributed by atoms with Gasteiger partial charge in [0, 0.05) is 11.6 Å². The average molecular weight is 317 g/mol. The molecule has 1 aliphatic rings. The van der Waals surface area contributed by atoms with Crippen molar-refractivity contribution < 1.29 is 14.7 Å². The van der Waals surface area contributed by atoms with Crippen LogP contribution in [-0.4, -0.2) is 30.1 Å². The molecule has 2 rings (SSSR count). The molecule has 1 saturated heterocycles. The lowest BCUT2D eigenvalue weighted by molar-refractivity contribution is -0.120. The number of carbonyl (C=O) groups excluding carboxylic acids is 1. The number of carbonyl (C=O) groups is 2. The van der Waals surface area contributed by atoms with E-state index in [1.54, 1.807) is 0 Å². The van der Waals surface area contributed by atoms with Crippen LogP contribution in [0.1, 0.15) is 17.3 Å². The third-order valence-electron chi connectivity index (χ3n) is 3.39. The van der Waals surface area contributed by atoms with Gasteiger partial charge in [0.2, 0.25) is 5.91 Å². The van der Waals surface area contributed by atoms with Gasteiger partial charge in [-0.25, -0.2) is 4.79 Å². The van der Waals surface area contributed by atoms with E-state index >= 15 is 0 Å². The van der Waals surface area contributed by atoms with Crippen molar-refractivity contribution in [2.45, 2.75) is 6.92 Å². The highest BCUT2D eigenvalue weighted by molar-refractivity contribution is 6.37. The monoisotopic (exact) mass is 316 g/mol. The lowest BCUT2D eigenvalue weighted by Crippen LogP contribution is -2.28. The summed E-state index contributed by atoms with van der Waals surface area (Å²) in [5, 5.41) is 15.2. The Morgan fingerprint density at radius 2 is 2.05 bits per heavy atom. The van der Waals surface area contributed by atoms with Crippen LogP contribution in [0.4, 0.5) is 5.69 Å². The van der Waals surface area contributed by atoms with E-state index in [0.717, 1.165) is 6.54 Å². The van der Waals surface area contributed by atoms with Crippen LogP contribution in [0.5, 0.6) is 0 Å². The molecule has 1 aromatic carbocycles. The second-order valence-corrected chi connectivity index (χ2v) is 5.69. The maximum Gasteiger partial charge on any atom is 0.337 e. The Labute approximate surface area is 126 Å². The van der Waals surface area contributed by atoms with Gasteiger partial charge in [0.05, 0.1) is 22.2 Å². The van der Waals surface area contributed by atoms with Gasteiger partial charge >= 0.3 is 5.97 Å². The van der Waals surface area contributed by atoms with Crippen LogP contribution >= 0.6 is 23.2 Å². The van der Waals surface area contributed by atoms with Crippen molar-refractivity contribution >= 4 is 40.8 Å². The number of amides is 1. The van der Waals surface area contributed by atoms with E-state index in [0.29, 0.717) is 6.54 Å². The lowest BCUT2D eigenvalue weighted by atomic mass is 9.97. The molecule has 1 aromatic rings. The van der Waals surface area contributed by atoms with Crippen molar-refractivity contribution in [1.82, 2.24) is 5.32 Å². The number of anilines is 1. The van der Waals surface area contributed by atoms with Crippen LogP contribution in [0.15, 0.2) is 12.1 Å². The third kappa shape index (κ3) is 3.06. The molecule has 1 heterocycles. The predicted molar refractivity (Wildman–Crippen MR) is 77.6 cm³/mol. The molecule has 1 aliphatic heterocycles. The Kier molecular flexibility index (Phi) is 4.52. The molecule has 108 valence electrons. The van der Waals surface area contributed by atoms with E-state index in [2.05, 4.69) is 10.6 Å². The summed E-state index contributed by atoms with van der Waals surface area (Å²) in [6.07, 6.45) is 0. The van der Waals surface area contributed by atoms with Crippen molar-refractivity contribution in [2.24, 2.45) is 11.8 Å². The van der Waals surface area contributed by atoms with Crippen LogP contribution in [0.25, 0.3) is 0 Å². The maximum absolute atomic E-state index is 12.2. The van der Waals surface area contributed by atoms with Crippen molar-refractivity contribution in [2.75, 3.05) is 18.4 Å². The molecule has 5 nitrogen and oxygen atoms in total. The smallest absolute Gasteiger partial charge is 0.337 e. The van der Waals surface area contributed by atoms with Gasteiger partial charge in [0.1, 0.15) is 0 Å². The van der Waals surface area contributed by atoms with Gasteiger partial charge in [-0.1, -0.05) is 30.1 Å². The molecule has 0 radical (unpaired) electrons. The summed E-state index contributed by atoms with van der Waals surface area (Å²) in [6, 6.07) is 2.67. The van der Waals surface area contributed by atoms with Gasteiger partial charge < -0.3 is 15.7 Å². The Bertz CT molecular complexity index is 563. The third-order valence-corrected chi connectivity index (χ3v) is 3.90. The van der Waals surface area contributed by atoms with Crippen molar-refractivity contribution in [3.63, 3.8) is 0 Å². The zero-order valence-corrected chi connectivity index (χ0v) is 12.3. The standard InChI is InChI=1S/C13H14Cl2N2O3/c1-6-4-16-5-9(6)12(18)17-11-8(13(19)20)2-7(14)3-10(11)15/h2-3,6,9,16H,4-5H2,1H3,(H,17,18)(H,19,20). The second kappa shape index (κ2) is 5.99. The van der Waals surface area contributed by atoms with Crippen LogP contribution in [-0.2, 0) is 4.79 Å². The molecule has 7 heteroatoms. The number of hydrogen-bond donors (Lipinski definition) is 3. The topological polar surface area (TPSA) is 78.4 Å². The second-order valence-electron chi connectivity index (χ2n) is 4.85. The van der Waals surface area contributed by atoms with Crippen molar-refractivity contribution in [3.05, 3.63) is 27.7 Å². The number of carboxylic acid groups (broad SMARTS) is 1. The molecule has 1 fully saturated rings. The first kappa shape index (κ1) is 15.1. The highest BCUT2D eigenvalue weighted by Crippen LogP contribution is 2.31. The zero-order chi connectivity index (χ0) is 14.9. The fraction of sp³-hybridized carbons (Fsp3) is 0.385. The minimum atomic E-state index is -1.19. The summed E-state index contributed by atoms with van der Waals surface area (Å²) in [5.74, 6) is -1.45. The van der Waals surface area contributed by atoms with Gasteiger partial charge in [-0.05, 0) is 24.6 Å². The molecule has 0 spiro atoms. The quantitative estimate of drug-likeness (QED) is 0.800. The van der Waals surface area contributed by atoms with Gasteiger partial charge in [-0.15, -0.1) is 0 Å². The molecule has 2 unspecified atom stereocenters. The van der Waals surface area contributed by atoms with E-state index in [-0.39, 0.29) is 39.0 Å². The molecule has 0 saturated carbocycles. The number of hydrogen-bond acceptors (Lipinski definition) is 3. The Morgan fingerprint density at radius 3 is 2.60 bits per heavy atom. The molecule has 0 aliphatic carbocycles. The first-order chi connectivity index (χ1) is 9.40. The van der Waals surface area contributed by atoms with Gasteiger partial charge in [-0.3, -0.25) is 4.79 Å². The molecule has 3 N–H and O–H groups in total. The minimum absolute atomic E-state index is 0.0904. The predicted octanol–water partition coefficient (Wildman–Crippen LogP) is 2.49. The number of benzene rings is 1. The minimum Gasteiger partial charge on any atom is -0.478 e. The Hall–Kier alpha value is -1.30. The number of aromatic carboxylic acids is 1. The largest absolute Gasteiger partial charge is 0.478 e. The van der Waals surface area contributed by atoms with Crippen LogP contribution in [0, 0.1) is 11.8 Å². The molecule has 1 amide bonds. The Balaban J connectivity index is 2.29. The van der Waals surface area contributed by atoms with Gasteiger partial charge in [0.15, 0.2) is 0 Å². The van der Waals surface area contributed by atoms with E-state index in [9.17, 15) is 9.59 Å². The van der Waals surface area contributed by atoms with Crippen LogP contribution < -0.4 is 10.6 Å². The van der Waals surface area contributed by atoms with Crippen LogP contribution in [0.2, 0.25) is 10.0 Å². The van der Waals surface area contributed by atoms with Crippen molar-refractivity contribution in [1.29, 1.82) is 0 Å². The molecular formula is C13H14Cl2N2O3. The number of nitrogens with one attached hydrogen (secondary N) is 2. The first-order valence-electron chi connectivity index (χ1n) is 6.14. The SMILES string of the molecule is CC1CNCC1C(=O)Nc1c(Cl)cc(Cl)cc1C(=O)O. The summed E-state index contributed by atoms with van der Waals surface area (Å²) in [7, 11) is 0. The Morgan fingerprint density at radius 1 is 1.35 bits per heavy atom. The van der Waals surface area contributed by atoms with E-state index in [1.807, 2.05) is 6.92 Å². The van der Waals surface area contributed by atoms with Gasteiger partial charge in [0.25, 0.3) is 0 Å². The van der Waals surface area contributed by atoms with Crippen molar-refractivity contribution in [3.8, 4) is 0 Å². The van der Waals surface area contributed by atoms with Crippen LogP contribution in [0.3, 0.4) is 0 Å². The number of rotatable bonds is 3. The van der Waals surface area contributed by atoms with E-state index < -0.39 is 5.97 Å².